The molecule has 2 aromatic heterocycles. The molecular weight excluding hydrogens is 597 g/mol. The van der Waals surface area contributed by atoms with Gasteiger partial charge in [-0.2, -0.15) is 22.9 Å². The number of fused-ring (bicyclic) bond motifs is 1. The van der Waals surface area contributed by atoms with E-state index in [9.17, 15) is 38.2 Å². The highest BCUT2D eigenvalue weighted by Gasteiger charge is 2.31. The lowest BCUT2D eigenvalue weighted by atomic mass is 10.1. The van der Waals surface area contributed by atoms with Crippen molar-refractivity contribution in [3.8, 4) is 23.0 Å². The summed E-state index contributed by atoms with van der Waals surface area (Å²) in [4.78, 5) is 42.7. The second-order valence-electron chi connectivity index (χ2n) is 8.71. The summed E-state index contributed by atoms with van der Waals surface area (Å²) < 4.78 is 46.5. The molecule has 0 saturated carbocycles. The average Bonchev–Trinajstić information content (AvgIpc) is 2.97. The maximum absolute atomic E-state index is 13.4. The third-order valence-corrected chi connectivity index (χ3v) is 6.19. The van der Waals surface area contributed by atoms with E-state index in [2.05, 4.69) is 15.1 Å². The van der Waals surface area contributed by atoms with E-state index < -0.39 is 38.6 Å². The summed E-state index contributed by atoms with van der Waals surface area (Å²) >= 11 is 6.27. The van der Waals surface area contributed by atoms with Gasteiger partial charge in [0, 0.05) is 29.3 Å². The minimum Gasteiger partial charge on any atom is -0.430 e. The number of hydrogen-bond acceptors (Lipinski definition) is 9. The van der Waals surface area contributed by atoms with E-state index in [-0.39, 0.29) is 44.4 Å². The number of nitro benzene ring substituents is 1. The van der Waals surface area contributed by atoms with Crippen LogP contribution in [0.1, 0.15) is 11.1 Å². The molecule has 0 unspecified atom stereocenters. The van der Waals surface area contributed by atoms with Crippen LogP contribution in [0.2, 0.25) is 5.02 Å². The molecule has 0 radical (unpaired) electrons. The van der Waals surface area contributed by atoms with Crippen molar-refractivity contribution in [2.45, 2.75) is 6.18 Å². The highest BCUT2D eigenvalue weighted by Crippen LogP contribution is 2.39. The molecule has 16 heteroatoms. The second kappa shape index (κ2) is 11.3. The Bertz CT molecular complexity index is 2000. The van der Waals surface area contributed by atoms with Crippen molar-refractivity contribution in [1.82, 2.24) is 14.6 Å². The van der Waals surface area contributed by atoms with E-state index in [0.717, 1.165) is 53.5 Å². The number of para-hydroxylation sites is 1. The van der Waals surface area contributed by atoms with E-state index in [0.29, 0.717) is 0 Å². The van der Waals surface area contributed by atoms with Crippen LogP contribution in [0, 0.1) is 20.2 Å². The van der Waals surface area contributed by atoms with Crippen molar-refractivity contribution >= 4 is 40.1 Å². The van der Waals surface area contributed by atoms with Crippen molar-refractivity contribution in [1.29, 1.82) is 0 Å². The van der Waals surface area contributed by atoms with E-state index in [1.807, 2.05) is 0 Å². The normalized spacial score (nSPS) is 11.6. The molecule has 2 heterocycles. The van der Waals surface area contributed by atoms with Crippen molar-refractivity contribution < 1.29 is 27.8 Å². The summed E-state index contributed by atoms with van der Waals surface area (Å²) in [5.41, 5.74) is -2.46. The smallest absolute Gasteiger partial charge is 0.416 e. The predicted molar refractivity (Wildman–Crippen MR) is 149 cm³/mol. The number of aromatic nitrogens is 3. The van der Waals surface area contributed by atoms with Crippen LogP contribution in [-0.4, -0.2) is 30.7 Å². The quantitative estimate of drug-likeness (QED) is 0.113. The van der Waals surface area contributed by atoms with Gasteiger partial charge >= 0.3 is 11.9 Å². The summed E-state index contributed by atoms with van der Waals surface area (Å²) in [5, 5.41) is 26.7. The van der Waals surface area contributed by atoms with E-state index in [4.69, 9.17) is 16.3 Å². The minimum absolute atomic E-state index is 0.0239. The van der Waals surface area contributed by atoms with Gasteiger partial charge in [0.1, 0.15) is 6.20 Å². The number of nitro groups is 2. The molecule has 3 aromatic carbocycles. The van der Waals surface area contributed by atoms with Crippen molar-refractivity contribution in [2.75, 3.05) is 0 Å². The Kier molecular flexibility index (Phi) is 7.56. The standard InChI is InChI=1S/C27H14ClF3N6O6/c28-20-10-15(11-22(37(41)42)24(20)43-23-9-8-18(14-32-23)36(39)40)13-33-35-25(16-4-3-5-17(12-16)27(29,30)31)34-21-7-2-1-6-19(21)26(35)38/h1-14H. The van der Waals surface area contributed by atoms with Gasteiger partial charge in [-0.25, -0.2) is 9.97 Å². The maximum Gasteiger partial charge on any atom is 0.416 e. The van der Waals surface area contributed by atoms with Crippen molar-refractivity contribution in [3.05, 3.63) is 126 Å². The van der Waals surface area contributed by atoms with Crippen LogP contribution in [-0.2, 0) is 6.18 Å². The molecule has 12 nitrogen and oxygen atoms in total. The summed E-state index contributed by atoms with van der Waals surface area (Å²) in [6, 6.07) is 14.8. The Hall–Kier alpha value is -5.70. The predicted octanol–water partition coefficient (Wildman–Crippen LogP) is 6.62. The first-order chi connectivity index (χ1) is 20.4. The number of hydrogen-bond donors (Lipinski definition) is 0. The molecule has 216 valence electrons. The molecule has 0 saturated heterocycles. The van der Waals surface area contributed by atoms with E-state index >= 15 is 0 Å². The zero-order valence-corrected chi connectivity index (χ0v) is 22.0. The molecule has 0 aliphatic rings. The van der Waals surface area contributed by atoms with E-state index in [1.54, 1.807) is 12.1 Å². The lowest BCUT2D eigenvalue weighted by molar-refractivity contribution is -0.385. The summed E-state index contributed by atoms with van der Waals surface area (Å²) in [7, 11) is 0. The van der Waals surface area contributed by atoms with Gasteiger partial charge in [-0.05, 0) is 30.3 Å². The van der Waals surface area contributed by atoms with E-state index in [1.165, 1.54) is 24.3 Å². The van der Waals surface area contributed by atoms with Crippen LogP contribution in [0.5, 0.6) is 11.6 Å². The van der Waals surface area contributed by atoms with Crippen LogP contribution in [0.4, 0.5) is 24.5 Å². The molecule has 0 N–H and O–H groups in total. The molecule has 0 fully saturated rings. The first kappa shape index (κ1) is 28.8. The molecule has 0 atom stereocenters. The summed E-state index contributed by atoms with van der Waals surface area (Å²) in [6.07, 6.45) is -2.72. The Balaban J connectivity index is 1.59. The fourth-order valence-electron chi connectivity index (χ4n) is 3.93. The van der Waals surface area contributed by atoms with Gasteiger partial charge < -0.3 is 4.74 Å². The van der Waals surface area contributed by atoms with Gasteiger partial charge in [0.05, 0.1) is 37.6 Å². The van der Waals surface area contributed by atoms with Gasteiger partial charge in [0.15, 0.2) is 5.82 Å². The zero-order chi connectivity index (χ0) is 30.9. The largest absolute Gasteiger partial charge is 0.430 e. The van der Waals surface area contributed by atoms with Crippen LogP contribution >= 0.6 is 11.6 Å². The number of ether oxygens (including phenoxy) is 1. The molecule has 0 aliphatic heterocycles. The topological polar surface area (TPSA) is 156 Å². The Morgan fingerprint density at radius 3 is 2.42 bits per heavy atom. The number of pyridine rings is 1. The lowest BCUT2D eigenvalue weighted by Crippen LogP contribution is -2.20. The van der Waals surface area contributed by atoms with Crippen LogP contribution in [0.25, 0.3) is 22.3 Å². The first-order valence-electron chi connectivity index (χ1n) is 11.9. The Morgan fingerprint density at radius 2 is 1.74 bits per heavy atom. The molecule has 0 spiro atoms. The zero-order valence-electron chi connectivity index (χ0n) is 21.2. The number of alkyl halides is 3. The SMILES string of the molecule is O=c1c2ccccc2nc(-c2cccc(C(F)(F)F)c2)n1N=Cc1cc(Cl)c(Oc2ccc([N+](=O)[O-])cn2)c([N+](=O)[O-])c1. The molecule has 5 aromatic rings. The third-order valence-electron chi connectivity index (χ3n) is 5.91. The van der Waals surface area contributed by atoms with Crippen molar-refractivity contribution in [2.24, 2.45) is 5.10 Å². The summed E-state index contributed by atoms with van der Waals surface area (Å²) in [6.45, 7) is 0. The average molecular weight is 611 g/mol. The van der Waals surface area contributed by atoms with Gasteiger partial charge in [-0.1, -0.05) is 35.9 Å². The Morgan fingerprint density at radius 1 is 0.977 bits per heavy atom. The third kappa shape index (κ3) is 6.01. The lowest BCUT2D eigenvalue weighted by Gasteiger charge is -2.12. The van der Waals surface area contributed by atoms with Crippen LogP contribution in [0.3, 0.4) is 0 Å². The number of benzene rings is 3. The maximum atomic E-state index is 13.4. The molecule has 0 amide bonds. The number of halogens is 4. The van der Waals surface area contributed by atoms with Gasteiger partial charge in [0.25, 0.3) is 11.2 Å². The Labute approximate surface area is 242 Å². The summed E-state index contributed by atoms with van der Waals surface area (Å²) in [5.74, 6) is -0.841. The molecule has 5 rings (SSSR count). The monoisotopic (exact) mass is 610 g/mol. The van der Waals surface area contributed by atoms with Crippen molar-refractivity contribution in [3.63, 3.8) is 0 Å². The minimum atomic E-state index is -4.66. The molecule has 0 bridgehead atoms. The van der Waals surface area contributed by atoms with Crippen LogP contribution in [0.15, 0.2) is 88.9 Å². The second-order valence-corrected chi connectivity index (χ2v) is 9.12. The fourth-order valence-corrected chi connectivity index (χ4v) is 4.19. The van der Waals surface area contributed by atoms with Gasteiger partial charge in [0.2, 0.25) is 11.6 Å². The molecule has 0 aliphatic carbocycles. The van der Waals surface area contributed by atoms with Gasteiger partial charge in [-0.15, -0.1) is 0 Å². The highest BCUT2D eigenvalue weighted by molar-refractivity contribution is 6.32. The fraction of sp³-hybridized carbons (Fsp3) is 0.0370. The van der Waals surface area contributed by atoms with Crippen LogP contribution < -0.4 is 10.3 Å². The molecule has 43 heavy (non-hydrogen) atoms. The van der Waals surface area contributed by atoms with Gasteiger partial charge in [-0.3, -0.25) is 25.0 Å². The number of nitrogens with zero attached hydrogens (tertiary/aromatic N) is 6. The number of rotatable bonds is 7. The highest BCUT2D eigenvalue weighted by atomic mass is 35.5. The molecular formula is C27H14ClF3N6O6. The first-order valence-corrected chi connectivity index (χ1v) is 12.3.